The van der Waals surface area contributed by atoms with Crippen LogP contribution in [0.25, 0.3) is 5.69 Å². The normalized spacial score (nSPS) is 10.4. The lowest BCUT2D eigenvalue weighted by Crippen LogP contribution is -2.20. The first-order chi connectivity index (χ1) is 15.1. The van der Waals surface area contributed by atoms with E-state index in [1.807, 2.05) is 18.2 Å². The summed E-state index contributed by atoms with van der Waals surface area (Å²) in [7, 11) is 0. The number of halogens is 1. The second kappa shape index (κ2) is 8.91. The number of amides is 3. The Morgan fingerprint density at radius 3 is 2.16 bits per heavy atom. The number of imidazole rings is 1. The SMILES string of the molecule is O=C(Nc1ccccc1)Nc1cccc(NC(=O)c2cncn2-c2ccc(F)cc2)c1. The van der Waals surface area contributed by atoms with E-state index < -0.39 is 11.9 Å². The van der Waals surface area contributed by atoms with Gasteiger partial charge in [-0.1, -0.05) is 24.3 Å². The Labute approximate surface area is 177 Å². The molecule has 0 unspecified atom stereocenters. The van der Waals surface area contributed by atoms with Crippen LogP contribution in [0.1, 0.15) is 10.5 Å². The van der Waals surface area contributed by atoms with Gasteiger partial charge in [-0.15, -0.1) is 0 Å². The molecule has 4 rings (SSSR count). The van der Waals surface area contributed by atoms with Gasteiger partial charge in [-0.2, -0.15) is 0 Å². The summed E-state index contributed by atoms with van der Waals surface area (Å²) < 4.78 is 14.7. The third-order valence-corrected chi connectivity index (χ3v) is 4.39. The van der Waals surface area contributed by atoms with E-state index >= 15 is 0 Å². The number of nitrogens with zero attached hydrogens (tertiary/aromatic N) is 2. The first-order valence-corrected chi connectivity index (χ1v) is 9.41. The second-order valence-electron chi connectivity index (χ2n) is 6.61. The van der Waals surface area contributed by atoms with Crippen LogP contribution in [0.4, 0.5) is 26.2 Å². The molecule has 0 aliphatic carbocycles. The Kier molecular flexibility index (Phi) is 5.70. The molecule has 0 aliphatic rings. The molecule has 7 nitrogen and oxygen atoms in total. The number of urea groups is 1. The molecule has 3 aromatic carbocycles. The maximum absolute atomic E-state index is 13.2. The first-order valence-electron chi connectivity index (χ1n) is 9.41. The fourth-order valence-corrected chi connectivity index (χ4v) is 2.96. The molecule has 1 heterocycles. The van der Waals surface area contributed by atoms with Gasteiger partial charge in [0.25, 0.3) is 5.91 Å². The number of hydrogen-bond donors (Lipinski definition) is 3. The van der Waals surface area contributed by atoms with Crippen molar-refractivity contribution in [1.29, 1.82) is 0 Å². The van der Waals surface area contributed by atoms with Gasteiger partial charge in [0.05, 0.1) is 12.5 Å². The van der Waals surface area contributed by atoms with Gasteiger partial charge >= 0.3 is 6.03 Å². The molecule has 0 saturated heterocycles. The molecule has 0 radical (unpaired) electrons. The number of aromatic nitrogens is 2. The van der Waals surface area contributed by atoms with E-state index in [9.17, 15) is 14.0 Å². The van der Waals surface area contributed by atoms with Crippen molar-refractivity contribution in [2.24, 2.45) is 0 Å². The number of rotatable bonds is 5. The van der Waals surface area contributed by atoms with Gasteiger partial charge in [-0.25, -0.2) is 14.2 Å². The van der Waals surface area contributed by atoms with E-state index in [0.717, 1.165) is 0 Å². The summed E-state index contributed by atoms with van der Waals surface area (Å²) in [6, 6.07) is 21.2. The Morgan fingerprint density at radius 1 is 0.774 bits per heavy atom. The topological polar surface area (TPSA) is 88.1 Å². The Hall–Kier alpha value is -4.46. The molecular weight excluding hydrogens is 397 g/mol. The van der Waals surface area contributed by atoms with Crippen molar-refractivity contribution in [3.8, 4) is 5.69 Å². The largest absolute Gasteiger partial charge is 0.323 e. The molecule has 3 amide bonds. The number of hydrogen-bond acceptors (Lipinski definition) is 3. The van der Waals surface area contributed by atoms with Crippen molar-refractivity contribution in [2.45, 2.75) is 0 Å². The van der Waals surface area contributed by atoms with Crippen molar-refractivity contribution in [3.05, 3.63) is 103 Å². The molecule has 0 saturated carbocycles. The highest BCUT2D eigenvalue weighted by Gasteiger charge is 2.14. The van der Waals surface area contributed by atoms with Gasteiger partial charge in [-0.05, 0) is 54.6 Å². The van der Waals surface area contributed by atoms with Gasteiger partial charge in [0, 0.05) is 22.7 Å². The quantitative estimate of drug-likeness (QED) is 0.433. The van der Waals surface area contributed by atoms with Gasteiger partial charge in [-0.3, -0.25) is 9.36 Å². The zero-order chi connectivity index (χ0) is 21.6. The van der Waals surface area contributed by atoms with Crippen molar-refractivity contribution < 1.29 is 14.0 Å². The van der Waals surface area contributed by atoms with E-state index in [4.69, 9.17) is 0 Å². The summed E-state index contributed by atoms with van der Waals surface area (Å²) in [5, 5.41) is 8.24. The molecule has 8 heteroatoms. The van der Waals surface area contributed by atoms with Crippen LogP contribution in [-0.2, 0) is 0 Å². The highest BCUT2D eigenvalue weighted by molar-refractivity contribution is 6.04. The van der Waals surface area contributed by atoms with Crippen molar-refractivity contribution in [1.82, 2.24) is 9.55 Å². The predicted octanol–water partition coefficient (Wildman–Crippen LogP) is 4.91. The number of benzene rings is 3. The maximum Gasteiger partial charge on any atom is 0.323 e. The lowest BCUT2D eigenvalue weighted by atomic mass is 10.2. The first kappa shape index (κ1) is 19.8. The Balaban J connectivity index is 1.45. The zero-order valence-electron chi connectivity index (χ0n) is 16.2. The molecule has 0 atom stereocenters. The summed E-state index contributed by atoms with van der Waals surface area (Å²) in [6.45, 7) is 0. The molecule has 4 aromatic rings. The molecule has 0 fully saturated rings. The molecule has 0 aliphatic heterocycles. The lowest BCUT2D eigenvalue weighted by Gasteiger charge is -2.11. The van der Waals surface area contributed by atoms with Crippen LogP contribution in [0.3, 0.4) is 0 Å². The summed E-state index contributed by atoms with van der Waals surface area (Å²) >= 11 is 0. The van der Waals surface area contributed by atoms with E-state index in [2.05, 4.69) is 20.9 Å². The standard InChI is InChI=1S/C23H18FN5O2/c24-16-9-11-20(12-10-16)29-15-25-14-21(29)22(30)26-18-7-4-8-19(13-18)28-23(31)27-17-5-2-1-3-6-17/h1-15H,(H,26,30)(H2,27,28,31). The van der Waals surface area contributed by atoms with Gasteiger partial charge < -0.3 is 16.0 Å². The molecular formula is C23H18FN5O2. The lowest BCUT2D eigenvalue weighted by molar-refractivity contribution is 0.102. The minimum atomic E-state index is -0.399. The highest BCUT2D eigenvalue weighted by atomic mass is 19.1. The average Bonchev–Trinajstić information content (AvgIpc) is 3.25. The van der Waals surface area contributed by atoms with Crippen molar-refractivity contribution in [3.63, 3.8) is 0 Å². The summed E-state index contributed by atoms with van der Waals surface area (Å²) in [6.07, 6.45) is 2.90. The summed E-state index contributed by atoms with van der Waals surface area (Å²) in [5.74, 6) is -0.761. The molecule has 31 heavy (non-hydrogen) atoms. The van der Waals surface area contributed by atoms with E-state index in [-0.39, 0.29) is 11.5 Å². The fraction of sp³-hybridized carbons (Fsp3) is 0. The Morgan fingerprint density at radius 2 is 1.42 bits per heavy atom. The summed E-state index contributed by atoms with van der Waals surface area (Å²) in [4.78, 5) is 29.0. The Bertz CT molecular complexity index is 1210. The zero-order valence-corrected chi connectivity index (χ0v) is 16.2. The van der Waals surface area contributed by atoms with Crippen LogP contribution in [-0.4, -0.2) is 21.5 Å². The van der Waals surface area contributed by atoms with Crippen LogP contribution in [0.15, 0.2) is 91.4 Å². The van der Waals surface area contributed by atoms with Crippen LogP contribution in [0.2, 0.25) is 0 Å². The van der Waals surface area contributed by atoms with Gasteiger partial charge in [0.1, 0.15) is 11.5 Å². The minimum Gasteiger partial charge on any atom is -0.321 e. The minimum absolute atomic E-state index is 0.284. The molecule has 1 aromatic heterocycles. The van der Waals surface area contributed by atoms with Crippen molar-refractivity contribution >= 4 is 29.0 Å². The van der Waals surface area contributed by atoms with Crippen LogP contribution in [0.5, 0.6) is 0 Å². The number of anilines is 3. The maximum atomic E-state index is 13.2. The fourth-order valence-electron chi connectivity index (χ4n) is 2.96. The smallest absolute Gasteiger partial charge is 0.321 e. The van der Waals surface area contributed by atoms with E-state index in [1.54, 1.807) is 53.1 Å². The van der Waals surface area contributed by atoms with Crippen LogP contribution >= 0.6 is 0 Å². The predicted molar refractivity (Wildman–Crippen MR) is 117 cm³/mol. The van der Waals surface area contributed by atoms with E-state index in [0.29, 0.717) is 22.7 Å². The summed E-state index contributed by atoms with van der Waals surface area (Å²) in [5.41, 5.74) is 2.56. The third-order valence-electron chi connectivity index (χ3n) is 4.39. The molecule has 154 valence electrons. The highest BCUT2D eigenvalue weighted by Crippen LogP contribution is 2.18. The average molecular weight is 415 g/mol. The monoisotopic (exact) mass is 415 g/mol. The molecule has 3 N–H and O–H groups in total. The number of carbonyl (C=O) groups excluding carboxylic acids is 2. The van der Waals surface area contributed by atoms with Crippen LogP contribution in [0, 0.1) is 5.82 Å². The molecule has 0 spiro atoms. The van der Waals surface area contributed by atoms with Crippen molar-refractivity contribution in [2.75, 3.05) is 16.0 Å². The number of carbonyl (C=O) groups is 2. The van der Waals surface area contributed by atoms with E-state index in [1.165, 1.54) is 24.7 Å². The van der Waals surface area contributed by atoms with Gasteiger partial charge in [0.2, 0.25) is 0 Å². The van der Waals surface area contributed by atoms with Crippen LogP contribution < -0.4 is 16.0 Å². The number of nitrogens with one attached hydrogen (secondary N) is 3. The molecule has 0 bridgehead atoms. The van der Waals surface area contributed by atoms with Gasteiger partial charge in [0.15, 0.2) is 0 Å². The second-order valence-corrected chi connectivity index (χ2v) is 6.61. The number of para-hydroxylation sites is 1. The third kappa shape index (κ3) is 4.94.